The quantitative estimate of drug-likeness (QED) is 0.203. The van der Waals surface area contributed by atoms with E-state index in [1.807, 2.05) is 64.1 Å². The molecule has 0 spiro atoms. The zero-order chi connectivity index (χ0) is 34.8. The molecule has 0 atom stereocenters. The molecule has 11 nitrogen and oxygen atoms in total. The fraction of sp³-hybridized carbons (Fsp3) is 0.324. The number of aryl methyl sites for hydroxylation is 1. The maximum Gasteiger partial charge on any atom is 0.353 e. The lowest BCUT2D eigenvalue weighted by Gasteiger charge is -2.35. The number of carbonyl (C=O) groups is 2. The van der Waals surface area contributed by atoms with Crippen LogP contribution in [0.5, 0.6) is 0 Å². The lowest BCUT2D eigenvalue weighted by atomic mass is 9.92. The first-order chi connectivity index (χ1) is 22.6. The van der Waals surface area contributed by atoms with Gasteiger partial charge in [0, 0.05) is 49.9 Å². The predicted molar refractivity (Wildman–Crippen MR) is 189 cm³/mol. The molecule has 1 N–H and O–H groups in total. The number of nitrogens with zero attached hydrogens (tertiary/aromatic N) is 5. The van der Waals surface area contributed by atoms with E-state index < -0.39 is 21.6 Å². The second kappa shape index (κ2) is 14.3. The third-order valence-corrected chi connectivity index (χ3v) is 8.84. The second-order valence-electron chi connectivity index (χ2n) is 12.8. The minimum absolute atomic E-state index is 0.123. The van der Waals surface area contributed by atoms with Gasteiger partial charge in [0.05, 0.1) is 33.2 Å². The van der Waals surface area contributed by atoms with E-state index in [1.54, 1.807) is 41.3 Å². The van der Waals surface area contributed by atoms with Gasteiger partial charge in [0.25, 0.3) is 16.0 Å². The Morgan fingerprint density at radius 2 is 1.54 bits per heavy atom. The molecule has 14 heteroatoms. The van der Waals surface area contributed by atoms with Gasteiger partial charge in [-0.15, -0.1) is 9.35 Å². The number of anilines is 2. The summed E-state index contributed by atoms with van der Waals surface area (Å²) in [5.74, 6) is -0.0615. The molecular weight excluding hydrogens is 675 g/mol. The highest BCUT2D eigenvalue weighted by Gasteiger charge is 2.30. The van der Waals surface area contributed by atoms with Gasteiger partial charge in [-0.1, -0.05) is 79.9 Å². The summed E-state index contributed by atoms with van der Waals surface area (Å²) in [5, 5.41) is 8.83. The first-order valence-corrected chi connectivity index (χ1v) is 17.9. The van der Waals surface area contributed by atoms with E-state index in [9.17, 15) is 18.0 Å². The van der Waals surface area contributed by atoms with Crippen LogP contribution in [0.4, 0.5) is 16.3 Å². The summed E-state index contributed by atoms with van der Waals surface area (Å²) in [6.45, 7) is 10.9. The van der Waals surface area contributed by atoms with Crippen LogP contribution in [-0.4, -0.2) is 72.4 Å². The molecule has 0 bridgehead atoms. The van der Waals surface area contributed by atoms with E-state index in [0.717, 1.165) is 17.4 Å². The van der Waals surface area contributed by atoms with Crippen LogP contribution in [0.3, 0.4) is 0 Å². The molecule has 0 unspecified atom stereocenters. The van der Waals surface area contributed by atoms with Gasteiger partial charge < -0.3 is 10.2 Å². The standard InChI is InChI=1S/C34H38Cl2N6O5S/c1-23-9-15-26(16-10-23)41-30(21-29(38-41)34(2,3)4)42(47-48(5,45)46)33(44)37-25-13-11-24(12-14-25)22-39-17-19-40(20-18-39)32(43)31-27(35)7-6-8-28(31)36/h6-16,21H,17-20,22H2,1-5H3,(H,37,44). The van der Waals surface area contributed by atoms with Gasteiger partial charge in [-0.05, 0) is 48.9 Å². The lowest BCUT2D eigenvalue weighted by molar-refractivity contribution is 0.0628. The number of amides is 3. The molecule has 48 heavy (non-hydrogen) atoms. The third-order valence-electron chi connectivity index (χ3n) is 7.79. The minimum Gasteiger partial charge on any atom is -0.336 e. The molecule has 254 valence electrons. The summed E-state index contributed by atoms with van der Waals surface area (Å²) in [7, 11) is -4.11. The average molecular weight is 714 g/mol. The highest BCUT2D eigenvalue weighted by molar-refractivity contribution is 7.86. The molecule has 1 fully saturated rings. The molecule has 3 aromatic carbocycles. The van der Waals surface area contributed by atoms with Gasteiger partial charge in [-0.3, -0.25) is 9.69 Å². The van der Waals surface area contributed by atoms with Crippen LogP contribution in [0.25, 0.3) is 5.69 Å². The first-order valence-electron chi connectivity index (χ1n) is 15.3. The maximum atomic E-state index is 13.6. The van der Waals surface area contributed by atoms with Crippen LogP contribution in [-0.2, 0) is 26.4 Å². The fourth-order valence-corrected chi connectivity index (χ4v) is 6.14. The maximum absolute atomic E-state index is 13.6. The normalized spacial score (nSPS) is 14.2. The number of urea groups is 1. The Bertz CT molecular complexity index is 1880. The molecule has 2 heterocycles. The van der Waals surface area contributed by atoms with Crippen LogP contribution in [0, 0.1) is 6.92 Å². The molecule has 1 aliphatic rings. The van der Waals surface area contributed by atoms with Crippen molar-refractivity contribution >= 4 is 56.8 Å². The smallest absolute Gasteiger partial charge is 0.336 e. The summed E-state index contributed by atoms with van der Waals surface area (Å²) in [6, 6.07) is 20.6. The molecule has 4 aromatic rings. The fourth-order valence-electron chi connectivity index (χ4n) is 5.17. The minimum atomic E-state index is -4.11. The Morgan fingerprint density at radius 1 is 0.938 bits per heavy atom. The van der Waals surface area contributed by atoms with Crippen LogP contribution in [0.15, 0.2) is 72.8 Å². The van der Waals surface area contributed by atoms with Gasteiger partial charge in [-0.25, -0.2) is 9.48 Å². The summed E-state index contributed by atoms with van der Waals surface area (Å²) < 4.78 is 31.4. The average Bonchev–Trinajstić information content (AvgIpc) is 3.47. The monoisotopic (exact) mass is 712 g/mol. The number of aromatic nitrogens is 2. The molecule has 3 amide bonds. The van der Waals surface area contributed by atoms with Crippen molar-refractivity contribution in [2.75, 3.05) is 42.8 Å². The molecule has 0 saturated carbocycles. The van der Waals surface area contributed by atoms with Gasteiger partial charge >= 0.3 is 6.03 Å². The molecule has 5 rings (SSSR count). The van der Waals surface area contributed by atoms with E-state index in [0.29, 0.717) is 70.5 Å². The number of rotatable bonds is 8. The molecule has 1 aliphatic heterocycles. The number of hydroxylamine groups is 1. The highest BCUT2D eigenvalue weighted by Crippen LogP contribution is 2.30. The molecule has 1 aromatic heterocycles. The van der Waals surface area contributed by atoms with Crippen molar-refractivity contribution in [1.82, 2.24) is 19.6 Å². The van der Waals surface area contributed by atoms with Crippen molar-refractivity contribution in [1.29, 1.82) is 0 Å². The van der Waals surface area contributed by atoms with Crippen LogP contribution < -0.4 is 10.4 Å². The zero-order valence-electron chi connectivity index (χ0n) is 27.4. The zero-order valence-corrected chi connectivity index (χ0v) is 29.7. The predicted octanol–water partition coefficient (Wildman–Crippen LogP) is 6.67. The highest BCUT2D eigenvalue weighted by atomic mass is 35.5. The van der Waals surface area contributed by atoms with Crippen molar-refractivity contribution in [2.45, 2.75) is 39.7 Å². The third kappa shape index (κ3) is 8.55. The summed E-state index contributed by atoms with van der Waals surface area (Å²) in [5.41, 5.74) is 3.65. The van der Waals surface area contributed by atoms with E-state index in [-0.39, 0.29) is 11.7 Å². The van der Waals surface area contributed by atoms with E-state index in [4.69, 9.17) is 32.6 Å². The van der Waals surface area contributed by atoms with Crippen molar-refractivity contribution in [3.05, 3.63) is 105 Å². The first kappa shape index (κ1) is 35.4. The Hall–Kier alpha value is -3.94. The number of benzene rings is 3. The number of nitrogens with one attached hydrogen (secondary N) is 1. The number of carbonyl (C=O) groups excluding carboxylic acids is 2. The largest absolute Gasteiger partial charge is 0.353 e. The van der Waals surface area contributed by atoms with Crippen molar-refractivity contribution in [3.63, 3.8) is 0 Å². The summed E-state index contributed by atoms with van der Waals surface area (Å²) >= 11 is 12.5. The molecule has 0 radical (unpaired) electrons. The van der Waals surface area contributed by atoms with Crippen LogP contribution >= 0.6 is 23.2 Å². The van der Waals surface area contributed by atoms with Gasteiger partial charge in [-0.2, -0.15) is 13.5 Å². The Kier molecular flexibility index (Phi) is 10.5. The summed E-state index contributed by atoms with van der Waals surface area (Å²) in [6.07, 6.45) is 0.876. The molecule has 0 aliphatic carbocycles. The lowest BCUT2D eigenvalue weighted by Crippen LogP contribution is -2.48. The Morgan fingerprint density at radius 3 is 2.10 bits per heavy atom. The number of piperazine rings is 1. The molecule has 1 saturated heterocycles. The topological polar surface area (TPSA) is 117 Å². The molecular formula is C34H38Cl2N6O5S. The van der Waals surface area contributed by atoms with Crippen LogP contribution in [0.2, 0.25) is 10.0 Å². The SMILES string of the molecule is Cc1ccc(-n2nc(C(C)(C)C)cc2N(OS(C)(=O)=O)C(=O)Nc2ccc(CN3CCN(C(=O)c4c(Cl)cccc4Cl)CC3)cc2)cc1. The number of hydrogen-bond donors (Lipinski definition) is 1. The van der Waals surface area contributed by atoms with Gasteiger partial charge in [0.1, 0.15) is 0 Å². The van der Waals surface area contributed by atoms with Crippen molar-refractivity contribution in [2.24, 2.45) is 0 Å². The van der Waals surface area contributed by atoms with Crippen molar-refractivity contribution < 1.29 is 22.3 Å². The van der Waals surface area contributed by atoms with E-state index >= 15 is 0 Å². The Balaban J connectivity index is 1.28. The van der Waals surface area contributed by atoms with Crippen molar-refractivity contribution in [3.8, 4) is 5.69 Å². The number of halogens is 2. The van der Waals surface area contributed by atoms with E-state index in [2.05, 4.69) is 10.2 Å². The number of hydrogen-bond acceptors (Lipinski definition) is 7. The van der Waals surface area contributed by atoms with E-state index in [1.165, 1.54) is 4.68 Å². The van der Waals surface area contributed by atoms with Gasteiger partial charge in [0.15, 0.2) is 5.82 Å². The van der Waals surface area contributed by atoms with Crippen LogP contribution in [0.1, 0.15) is 48.0 Å². The second-order valence-corrected chi connectivity index (χ2v) is 15.1. The summed E-state index contributed by atoms with van der Waals surface area (Å²) in [4.78, 5) is 30.7. The van der Waals surface area contributed by atoms with Gasteiger partial charge in [0.2, 0.25) is 0 Å². The Labute approximate surface area is 291 Å².